The van der Waals surface area contributed by atoms with Gasteiger partial charge in [-0.25, -0.2) is 13.2 Å². The van der Waals surface area contributed by atoms with Gasteiger partial charge in [0.1, 0.15) is 30.6 Å². The molecule has 0 aromatic heterocycles. The summed E-state index contributed by atoms with van der Waals surface area (Å²) in [6.45, 7) is 4.37. The third-order valence-corrected chi connectivity index (χ3v) is 7.71. The fourth-order valence-electron chi connectivity index (χ4n) is 4.89. The zero-order valence-corrected chi connectivity index (χ0v) is 25.5. The number of Topliss-reactive ketones (excluding diaryl/α,β-unsaturated/α-hetero) is 1. The van der Waals surface area contributed by atoms with Gasteiger partial charge in [0.05, 0.1) is 0 Å². The second kappa shape index (κ2) is 19.5. The number of nitrogens with one attached hydrogen (secondary N) is 1. The lowest BCUT2D eigenvalue weighted by atomic mass is 9.83. The minimum Gasteiger partial charge on any atom is -0.489 e. The van der Waals surface area contributed by atoms with Gasteiger partial charge < -0.3 is 19.7 Å². The molecule has 2 aromatic carbocycles. The van der Waals surface area contributed by atoms with Crippen LogP contribution in [0.15, 0.2) is 54.6 Å². The molecule has 2 aliphatic rings. The van der Waals surface area contributed by atoms with Crippen molar-refractivity contribution in [3.05, 3.63) is 65.7 Å². The predicted molar refractivity (Wildman–Crippen MR) is 163 cm³/mol. The van der Waals surface area contributed by atoms with Crippen LogP contribution in [0.25, 0.3) is 0 Å². The van der Waals surface area contributed by atoms with E-state index in [2.05, 4.69) is 36.5 Å². The van der Waals surface area contributed by atoms with Crippen LogP contribution in [0, 0.1) is 5.92 Å². The van der Waals surface area contributed by atoms with Crippen LogP contribution in [0.4, 0.5) is 13.2 Å². The van der Waals surface area contributed by atoms with Gasteiger partial charge in [0.15, 0.2) is 0 Å². The molecule has 2 unspecified atom stereocenters. The molecule has 1 saturated heterocycles. The lowest BCUT2D eigenvalue weighted by molar-refractivity contribution is -0.127. The molecule has 1 aliphatic heterocycles. The highest BCUT2D eigenvalue weighted by atomic mass is 19.3. The number of alkyl halides is 3. The molecule has 0 amide bonds. The van der Waals surface area contributed by atoms with Crippen LogP contribution >= 0.6 is 0 Å². The van der Waals surface area contributed by atoms with Crippen molar-refractivity contribution in [3.8, 4) is 5.75 Å². The molecule has 234 valence electrons. The van der Waals surface area contributed by atoms with E-state index in [0.717, 1.165) is 37.8 Å². The number of hydrogen-bond acceptors (Lipinski definition) is 5. The van der Waals surface area contributed by atoms with Gasteiger partial charge in [-0.3, -0.25) is 4.79 Å². The first-order valence-electron chi connectivity index (χ1n) is 15.2. The summed E-state index contributed by atoms with van der Waals surface area (Å²) in [6, 6.07) is 19.1. The average molecular weight is 591 g/mol. The Morgan fingerprint density at radius 2 is 1.71 bits per heavy atom. The van der Waals surface area contributed by atoms with Crippen molar-refractivity contribution < 1.29 is 27.5 Å². The number of nitrogens with zero attached hydrogens (tertiary/aromatic N) is 1. The minimum atomic E-state index is -2.56. The first kappa shape index (κ1) is 35.5. The van der Waals surface area contributed by atoms with Gasteiger partial charge in [-0.15, -0.1) is 0 Å². The highest BCUT2D eigenvalue weighted by Crippen LogP contribution is 2.37. The molecule has 1 saturated carbocycles. The average Bonchev–Trinajstić information content (AvgIpc) is 3.38. The number of unbranched alkanes of at least 4 members (excludes halogenated alkanes) is 2. The van der Waals surface area contributed by atoms with Crippen molar-refractivity contribution in [1.82, 2.24) is 10.2 Å². The van der Waals surface area contributed by atoms with Crippen molar-refractivity contribution in [3.63, 3.8) is 0 Å². The number of ketones is 1. The monoisotopic (exact) mass is 590 g/mol. The van der Waals surface area contributed by atoms with Gasteiger partial charge in [-0.05, 0) is 82.8 Å². The van der Waals surface area contributed by atoms with Crippen LogP contribution in [0.2, 0.25) is 0 Å². The molecule has 0 radical (unpaired) electrons. The van der Waals surface area contributed by atoms with Gasteiger partial charge in [0, 0.05) is 50.7 Å². The summed E-state index contributed by atoms with van der Waals surface area (Å²) in [6.07, 6.45) is 4.72. The Morgan fingerprint density at radius 3 is 2.24 bits per heavy atom. The molecular formula is C34H49F3N2O3. The van der Waals surface area contributed by atoms with Gasteiger partial charge in [-0.1, -0.05) is 42.5 Å². The maximum Gasteiger partial charge on any atom is 0.248 e. The van der Waals surface area contributed by atoms with Crippen molar-refractivity contribution in [2.24, 2.45) is 5.92 Å². The zero-order valence-electron chi connectivity index (χ0n) is 25.5. The Labute approximate surface area is 250 Å². The van der Waals surface area contributed by atoms with Crippen LogP contribution in [-0.4, -0.2) is 62.3 Å². The summed E-state index contributed by atoms with van der Waals surface area (Å²) >= 11 is 0. The Kier molecular flexibility index (Phi) is 16.5. The Morgan fingerprint density at radius 1 is 1.05 bits per heavy atom. The molecule has 2 atom stereocenters. The molecule has 5 nitrogen and oxygen atoms in total. The third-order valence-electron chi connectivity index (χ3n) is 7.71. The van der Waals surface area contributed by atoms with Crippen LogP contribution in [0.1, 0.15) is 75.8 Å². The third kappa shape index (κ3) is 15.0. The number of aldehydes is 1. The first-order valence-corrected chi connectivity index (χ1v) is 15.2. The molecule has 42 heavy (non-hydrogen) atoms. The zero-order chi connectivity index (χ0) is 30.8. The van der Waals surface area contributed by atoms with E-state index in [1.54, 1.807) is 0 Å². The summed E-state index contributed by atoms with van der Waals surface area (Å²) in [4.78, 5) is 23.7. The molecule has 8 heteroatoms. The number of likely N-dealkylation sites (tertiary alicyclic amines) is 1. The summed E-state index contributed by atoms with van der Waals surface area (Å²) in [7, 11) is 3.93. The van der Waals surface area contributed by atoms with Crippen molar-refractivity contribution >= 4 is 12.1 Å². The topological polar surface area (TPSA) is 58.6 Å². The van der Waals surface area contributed by atoms with Gasteiger partial charge >= 0.3 is 0 Å². The number of rotatable bonds is 12. The summed E-state index contributed by atoms with van der Waals surface area (Å²) < 4.78 is 43.6. The number of halogens is 3. The maximum atomic E-state index is 12.8. The minimum absolute atomic E-state index is 0.0985. The number of hydrogen-bond donors (Lipinski definition) is 1. The van der Waals surface area contributed by atoms with Crippen LogP contribution < -0.4 is 10.1 Å². The van der Waals surface area contributed by atoms with E-state index in [4.69, 9.17) is 4.74 Å². The van der Waals surface area contributed by atoms with E-state index < -0.39 is 12.1 Å². The lowest BCUT2D eigenvalue weighted by Gasteiger charge is -2.27. The van der Waals surface area contributed by atoms with Crippen molar-refractivity contribution in [2.45, 2.75) is 95.9 Å². The van der Waals surface area contributed by atoms with E-state index in [-0.39, 0.29) is 24.5 Å². The maximum absolute atomic E-state index is 12.8. The Hall–Kier alpha value is -2.71. The van der Waals surface area contributed by atoms with Crippen molar-refractivity contribution in [1.29, 1.82) is 0 Å². The number of likely N-dealkylation sites (N-methyl/N-ethyl adjacent to an activating group) is 1. The van der Waals surface area contributed by atoms with Crippen LogP contribution in [-0.2, 0) is 22.6 Å². The van der Waals surface area contributed by atoms with Gasteiger partial charge in [-0.2, -0.15) is 0 Å². The smallest absolute Gasteiger partial charge is 0.248 e. The highest BCUT2D eigenvalue weighted by Gasteiger charge is 2.36. The second-order valence-electron chi connectivity index (χ2n) is 11.5. The fourth-order valence-corrected chi connectivity index (χ4v) is 4.89. The van der Waals surface area contributed by atoms with Crippen molar-refractivity contribution in [2.75, 3.05) is 27.2 Å². The molecule has 2 aromatic rings. The molecule has 2 fully saturated rings. The Balaban J connectivity index is 0.000000242. The Bertz CT molecular complexity index is 1000. The van der Waals surface area contributed by atoms with Gasteiger partial charge in [0.25, 0.3) is 0 Å². The molecule has 0 spiro atoms. The lowest BCUT2D eigenvalue weighted by Crippen LogP contribution is -2.28. The normalized spacial score (nSPS) is 19.0. The van der Waals surface area contributed by atoms with Crippen LogP contribution in [0.5, 0.6) is 5.75 Å². The van der Waals surface area contributed by atoms with E-state index in [0.29, 0.717) is 51.3 Å². The van der Waals surface area contributed by atoms with Gasteiger partial charge in [0.2, 0.25) is 5.92 Å². The number of carbonyl (C=O) groups excluding carboxylic acids is 2. The standard InChI is InChI=1S/C17H21NO.C12H18F2O2.C5H10FN/c1-14(18-2)12-15-8-10-17(11-9-15)19-13-16-6-4-3-5-7-16;13-12(14)7-5-10(6-8-12)11(16)4-2-1-3-9-15;1-7-3-2-5(6)4-7/h3-11,14,18H,12-13H2,1-2H3;9-10H,1-8H2;5H,2-4H2,1H3. The molecule has 1 aliphatic carbocycles. The molecule has 4 rings (SSSR count). The fraction of sp³-hybridized carbons (Fsp3) is 0.588. The quantitative estimate of drug-likeness (QED) is 0.209. The number of carbonyl (C=O) groups is 2. The first-order chi connectivity index (χ1) is 20.1. The number of ether oxygens (including phenoxy) is 1. The highest BCUT2D eigenvalue weighted by molar-refractivity contribution is 5.81. The largest absolute Gasteiger partial charge is 0.489 e. The summed E-state index contributed by atoms with van der Waals surface area (Å²) in [5.41, 5.74) is 2.52. The molecule has 1 N–H and O–H groups in total. The molecular weight excluding hydrogens is 541 g/mol. The summed E-state index contributed by atoms with van der Waals surface area (Å²) in [5, 5.41) is 3.24. The second-order valence-corrected chi connectivity index (χ2v) is 11.5. The van der Waals surface area contributed by atoms with E-state index in [1.807, 2.05) is 49.3 Å². The predicted octanol–water partition coefficient (Wildman–Crippen LogP) is 7.22. The summed E-state index contributed by atoms with van der Waals surface area (Å²) in [5.74, 6) is -1.71. The molecule has 1 heterocycles. The molecule has 0 bridgehead atoms. The van der Waals surface area contributed by atoms with E-state index in [1.165, 1.54) is 11.1 Å². The van der Waals surface area contributed by atoms with Crippen LogP contribution in [0.3, 0.4) is 0 Å². The number of benzene rings is 2. The SMILES string of the molecule is CN1CCC(F)C1.CNC(C)Cc1ccc(OCc2ccccc2)cc1.O=CCCCCC(=O)C1CCC(F)(F)CC1. The van der Waals surface area contributed by atoms with E-state index in [9.17, 15) is 22.8 Å². The van der Waals surface area contributed by atoms with E-state index >= 15 is 0 Å².